The quantitative estimate of drug-likeness (QED) is 0.812. The number of carbonyl (C=O) groups is 2. The van der Waals surface area contributed by atoms with E-state index in [1.165, 1.54) is 0 Å². The fourth-order valence-corrected chi connectivity index (χ4v) is 3.32. The Labute approximate surface area is 160 Å². The lowest BCUT2D eigenvalue weighted by Gasteiger charge is -2.26. The lowest BCUT2D eigenvalue weighted by molar-refractivity contribution is -0.124. The van der Waals surface area contributed by atoms with Gasteiger partial charge >= 0.3 is 0 Å². The molecule has 2 aromatic carbocycles. The van der Waals surface area contributed by atoms with Gasteiger partial charge in [0.1, 0.15) is 5.75 Å². The molecular weight excluding hydrogens is 340 g/mol. The Hall–Kier alpha value is -2.82. The predicted octanol–water partition coefficient (Wildman–Crippen LogP) is 4.01. The summed E-state index contributed by atoms with van der Waals surface area (Å²) in [6.45, 7) is 2.15. The van der Waals surface area contributed by atoms with Gasteiger partial charge in [0.2, 0.25) is 0 Å². The van der Waals surface area contributed by atoms with Crippen LogP contribution >= 0.6 is 0 Å². The van der Waals surface area contributed by atoms with Gasteiger partial charge in [-0.05, 0) is 55.9 Å². The summed E-state index contributed by atoms with van der Waals surface area (Å²) in [5, 5.41) is 5.87. The molecule has 3 rings (SSSR count). The SMILES string of the molecule is CC1CCC(NC(=O)COc2ccccc2C(=O)Nc2ccccc2)CC1. The van der Waals surface area contributed by atoms with E-state index in [0.29, 0.717) is 17.0 Å². The van der Waals surface area contributed by atoms with Gasteiger partial charge in [-0.1, -0.05) is 37.3 Å². The monoisotopic (exact) mass is 366 g/mol. The number of anilines is 1. The molecule has 2 amide bonds. The van der Waals surface area contributed by atoms with Crippen LogP contribution in [-0.2, 0) is 4.79 Å². The Bertz CT molecular complexity index is 768. The molecule has 0 aliphatic heterocycles. The molecule has 1 saturated carbocycles. The molecule has 0 unspecified atom stereocenters. The summed E-state index contributed by atoms with van der Waals surface area (Å²) in [7, 11) is 0. The summed E-state index contributed by atoms with van der Waals surface area (Å²) in [4.78, 5) is 24.7. The van der Waals surface area contributed by atoms with Gasteiger partial charge in [-0.15, -0.1) is 0 Å². The number of benzene rings is 2. The lowest BCUT2D eigenvalue weighted by atomic mass is 9.87. The van der Waals surface area contributed by atoms with Crippen molar-refractivity contribution < 1.29 is 14.3 Å². The molecule has 0 radical (unpaired) electrons. The number of nitrogens with one attached hydrogen (secondary N) is 2. The molecule has 0 bridgehead atoms. The van der Waals surface area contributed by atoms with E-state index in [1.807, 2.05) is 30.3 Å². The number of rotatable bonds is 6. The van der Waals surface area contributed by atoms with Crippen LogP contribution in [0.5, 0.6) is 5.75 Å². The second kappa shape index (κ2) is 9.21. The first-order valence-electron chi connectivity index (χ1n) is 9.49. The molecule has 142 valence electrons. The lowest BCUT2D eigenvalue weighted by Crippen LogP contribution is -2.40. The van der Waals surface area contributed by atoms with E-state index < -0.39 is 0 Å². The minimum absolute atomic E-state index is 0.0956. The number of para-hydroxylation sites is 2. The number of ether oxygens (including phenoxy) is 1. The maximum Gasteiger partial charge on any atom is 0.259 e. The number of hydrogen-bond donors (Lipinski definition) is 2. The normalized spacial score (nSPS) is 19.1. The van der Waals surface area contributed by atoms with E-state index in [0.717, 1.165) is 31.6 Å². The van der Waals surface area contributed by atoms with Gasteiger partial charge in [0.25, 0.3) is 11.8 Å². The third-order valence-electron chi connectivity index (χ3n) is 4.90. The zero-order valence-electron chi connectivity index (χ0n) is 15.6. The summed E-state index contributed by atoms with van der Waals surface area (Å²) in [6.07, 6.45) is 4.33. The Morgan fingerprint density at radius 1 is 0.963 bits per heavy atom. The fourth-order valence-electron chi connectivity index (χ4n) is 3.32. The van der Waals surface area contributed by atoms with E-state index >= 15 is 0 Å². The molecule has 0 heterocycles. The van der Waals surface area contributed by atoms with Crippen LogP contribution in [0.15, 0.2) is 54.6 Å². The van der Waals surface area contributed by atoms with Crippen LogP contribution in [0.25, 0.3) is 0 Å². The molecule has 0 saturated heterocycles. The smallest absolute Gasteiger partial charge is 0.259 e. The van der Waals surface area contributed by atoms with Crippen LogP contribution in [-0.4, -0.2) is 24.5 Å². The molecule has 1 aliphatic carbocycles. The van der Waals surface area contributed by atoms with Gasteiger partial charge in [0.15, 0.2) is 6.61 Å². The van der Waals surface area contributed by atoms with Gasteiger partial charge in [-0.3, -0.25) is 9.59 Å². The molecular formula is C22H26N2O3. The highest BCUT2D eigenvalue weighted by molar-refractivity contribution is 6.06. The molecule has 1 fully saturated rings. The maximum atomic E-state index is 12.5. The summed E-state index contributed by atoms with van der Waals surface area (Å²) >= 11 is 0. The van der Waals surface area contributed by atoms with Crippen molar-refractivity contribution in [2.24, 2.45) is 5.92 Å². The second-order valence-electron chi connectivity index (χ2n) is 7.13. The van der Waals surface area contributed by atoms with Crippen LogP contribution in [0.1, 0.15) is 43.0 Å². The molecule has 5 nitrogen and oxygen atoms in total. The highest BCUT2D eigenvalue weighted by Crippen LogP contribution is 2.23. The average molecular weight is 366 g/mol. The summed E-state index contributed by atoms with van der Waals surface area (Å²) in [5.74, 6) is 0.731. The standard InChI is InChI=1S/C22H26N2O3/c1-16-11-13-18(14-12-16)23-21(25)15-27-20-10-6-5-9-19(20)22(26)24-17-7-3-2-4-8-17/h2-10,16,18H,11-15H2,1H3,(H,23,25)(H,24,26). The van der Waals surface area contributed by atoms with Gasteiger partial charge in [-0.2, -0.15) is 0 Å². The Balaban J connectivity index is 1.56. The van der Waals surface area contributed by atoms with Gasteiger partial charge in [0.05, 0.1) is 5.56 Å². The first-order valence-corrected chi connectivity index (χ1v) is 9.49. The Morgan fingerprint density at radius 2 is 1.63 bits per heavy atom. The van der Waals surface area contributed by atoms with E-state index in [-0.39, 0.29) is 24.5 Å². The molecule has 1 aliphatic rings. The Morgan fingerprint density at radius 3 is 2.37 bits per heavy atom. The summed E-state index contributed by atoms with van der Waals surface area (Å²) in [6, 6.07) is 16.4. The highest BCUT2D eigenvalue weighted by Gasteiger charge is 2.20. The summed E-state index contributed by atoms with van der Waals surface area (Å²) in [5.41, 5.74) is 1.11. The van der Waals surface area contributed by atoms with E-state index in [2.05, 4.69) is 17.6 Å². The average Bonchev–Trinajstić information content (AvgIpc) is 2.69. The number of hydrogen-bond acceptors (Lipinski definition) is 3. The molecule has 0 atom stereocenters. The third kappa shape index (κ3) is 5.58. The molecule has 2 aromatic rings. The van der Waals surface area contributed by atoms with Crippen LogP contribution < -0.4 is 15.4 Å². The van der Waals surface area contributed by atoms with E-state index in [1.54, 1.807) is 24.3 Å². The van der Waals surface area contributed by atoms with Gasteiger partial charge < -0.3 is 15.4 Å². The summed E-state index contributed by atoms with van der Waals surface area (Å²) < 4.78 is 5.65. The predicted molar refractivity (Wildman–Crippen MR) is 106 cm³/mol. The molecule has 2 N–H and O–H groups in total. The van der Waals surface area contributed by atoms with E-state index in [9.17, 15) is 9.59 Å². The van der Waals surface area contributed by atoms with Gasteiger partial charge in [-0.25, -0.2) is 0 Å². The van der Waals surface area contributed by atoms with Crippen molar-refractivity contribution in [2.45, 2.75) is 38.6 Å². The maximum absolute atomic E-state index is 12.5. The van der Waals surface area contributed by atoms with Crippen LogP contribution in [0.4, 0.5) is 5.69 Å². The second-order valence-corrected chi connectivity index (χ2v) is 7.13. The van der Waals surface area contributed by atoms with Crippen molar-refractivity contribution >= 4 is 17.5 Å². The zero-order valence-corrected chi connectivity index (χ0v) is 15.6. The van der Waals surface area contributed by atoms with Crippen molar-refractivity contribution in [3.63, 3.8) is 0 Å². The van der Waals surface area contributed by atoms with Gasteiger partial charge in [0, 0.05) is 11.7 Å². The minimum atomic E-state index is -0.265. The molecule has 5 heteroatoms. The molecule has 0 spiro atoms. The first-order chi connectivity index (χ1) is 13.1. The topological polar surface area (TPSA) is 67.4 Å². The number of carbonyl (C=O) groups excluding carboxylic acids is 2. The minimum Gasteiger partial charge on any atom is -0.483 e. The van der Waals surface area contributed by atoms with Crippen molar-refractivity contribution in [2.75, 3.05) is 11.9 Å². The fraction of sp³-hybridized carbons (Fsp3) is 0.364. The van der Waals surface area contributed by atoms with Crippen molar-refractivity contribution in [3.05, 3.63) is 60.2 Å². The Kier molecular flexibility index (Phi) is 6.47. The van der Waals surface area contributed by atoms with Crippen molar-refractivity contribution in [3.8, 4) is 5.75 Å². The van der Waals surface area contributed by atoms with E-state index in [4.69, 9.17) is 4.74 Å². The molecule has 0 aromatic heterocycles. The van der Waals surface area contributed by atoms with Crippen molar-refractivity contribution in [1.82, 2.24) is 5.32 Å². The van der Waals surface area contributed by atoms with Crippen LogP contribution in [0.2, 0.25) is 0 Å². The third-order valence-corrected chi connectivity index (χ3v) is 4.90. The highest BCUT2D eigenvalue weighted by atomic mass is 16.5. The first kappa shape index (κ1) is 19.0. The molecule has 27 heavy (non-hydrogen) atoms. The largest absolute Gasteiger partial charge is 0.483 e. The number of amides is 2. The van der Waals surface area contributed by atoms with Crippen LogP contribution in [0, 0.1) is 5.92 Å². The van der Waals surface area contributed by atoms with Crippen LogP contribution in [0.3, 0.4) is 0 Å². The zero-order chi connectivity index (χ0) is 19.1. The van der Waals surface area contributed by atoms with Crippen molar-refractivity contribution in [1.29, 1.82) is 0 Å².